The third kappa shape index (κ3) is 4.29. The zero-order chi connectivity index (χ0) is 15.2. The van der Waals surface area contributed by atoms with E-state index in [2.05, 4.69) is 29.3 Å². The van der Waals surface area contributed by atoms with Crippen molar-refractivity contribution in [3.05, 3.63) is 35.9 Å². The van der Waals surface area contributed by atoms with Crippen molar-refractivity contribution in [3.8, 4) is 0 Å². The second kappa shape index (κ2) is 7.57. The van der Waals surface area contributed by atoms with Gasteiger partial charge in [0.1, 0.15) is 0 Å². The molecule has 0 aliphatic carbocycles. The summed E-state index contributed by atoms with van der Waals surface area (Å²) in [7, 11) is 3.92. The molecule has 0 spiro atoms. The van der Waals surface area contributed by atoms with Crippen LogP contribution in [0, 0.1) is 0 Å². The van der Waals surface area contributed by atoms with Gasteiger partial charge in [0.05, 0.1) is 12.6 Å². The van der Waals surface area contributed by atoms with Crippen molar-refractivity contribution in [1.82, 2.24) is 15.1 Å². The van der Waals surface area contributed by atoms with E-state index in [1.807, 2.05) is 37.2 Å². The molecule has 1 aromatic rings. The van der Waals surface area contributed by atoms with Gasteiger partial charge in [-0.3, -0.25) is 9.69 Å². The molecule has 21 heavy (non-hydrogen) atoms. The number of likely N-dealkylation sites (tertiary alicyclic amines) is 1. The van der Waals surface area contributed by atoms with E-state index < -0.39 is 0 Å². The largest absolute Gasteiger partial charge is 0.338 e. The van der Waals surface area contributed by atoms with Crippen molar-refractivity contribution in [2.45, 2.75) is 31.8 Å². The highest BCUT2D eigenvalue weighted by Crippen LogP contribution is 2.19. The van der Waals surface area contributed by atoms with Crippen molar-refractivity contribution in [3.63, 3.8) is 0 Å². The Morgan fingerprint density at radius 3 is 2.52 bits per heavy atom. The molecule has 1 atom stereocenters. The van der Waals surface area contributed by atoms with Crippen LogP contribution in [0.2, 0.25) is 0 Å². The van der Waals surface area contributed by atoms with Gasteiger partial charge in [-0.15, -0.1) is 0 Å². The number of benzene rings is 1. The lowest BCUT2D eigenvalue weighted by Crippen LogP contribution is -2.46. The SMILES string of the molecule is CNC1CCN(CC(=O)N(C)C(C)c2ccccc2)CC1. The maximum atomic E-state index is 12.4. The van der Waals surface area contributed by atoms with Crippen molar-refractivity contribution in [2.24, 2.45) is 0 Å². The number of nitrogens with one attached hydrogen (secondary N) is 1. The molecule has 0 radical (unpaired) electrons. The number of hydrogen-bond donors (Lipinski definition) is 1. The van der Waals surface area contributed by atoms with E-state index in [-0.39, 0.29) is 11.9 Å². The molecule has 0 saturated carbocycles. The van der Waals surface area contributed by atoms with Gasteiger partial charge in [0, 0.05) is 26.2 Å². The Balaban J connectivity index is 1.85. The number of carbonyl (C=O) groups is 1. The number of amides is 1. The first kappa shape index (κ1) is 16.0. The van der Waals surface area contributed by atoms with Gasteiger partial charge in [-0.25, -0.2) is 0 Å². The van der Waals surface area contributed by atoms with Gasteiger partial charge in [0.25, 0.3) is 0 Å². The highest BCUT2D eigenvalue weighted by atomic mass is 16.2. The number of likely N-dealkylation sites (N-methyl/N-ethyl adjacent to an activating group) is 1. The topological polar surface area (TPSA) is 35.6 Å². The molecule has 2 rings (SSSR count). The number of hydrogen-bond acceptors (Lipinski definition) is 3. The van der Waals surface area contributed by atoms with E-state index in [9.17, 15) is 4.79 Å². The minimum Gasteiger partial charge on any atom is -0.338 e. The molecule has 4 heteroatoms. The molecule has 1 amide bonds. The van der Waals surface area contributed by atoms with Crippen LogP contribution in [-0.4, -0.2) is 55.5 Å². The molecule has 1 N–H and O–H groups in total. The van der Waals surface area contributed by atoms with Crippen LogP contribution in [-0.2, 0) is 4.79 Å². The molecular weight excluding hydrogens is 262 g/mol. The molecule has 1 aromatic carbocycles. The van der Waals surface area contributed by atoms with E-state index >= 15 is 0 Å². The molecule has 0 aromatic heterocycles. The van der Waals surface area contributed by atoms with Crippen molar-refractivity contribution in [2.75, 3.05) is 33.7 Å². The first-order chi connectivity index (χ1) is 10.1. The second-order valence-electron chi connectivity index (χ2n) is 5.93. The molecular formula is C17H27N3O. The van der Waals surface area contributed by atoms with Crippen LogP contribution in [0.15, 0.2) is 30.3 Å². The van der Waals surface area contributed by atoms with E-state index in [1.54, 1.807) is 0 Å². The summed E-state index contributed by atoms with van der Waals surface area (Å²) in [5.74, 6) is 0.203. The van der Waals surface area contributed by atoms with Gasteiger partial charge in [-0.05, 0) is 32.4 Å². The van der Waals surface area contributed by atoms with Crippen molar-refractivity contribution >= 4 is 5.91 Å². The van der Waals surface area contributed by atoms with Crippen LogP contribution in [0.4, 0.5) is 0 Å². The van der Waals surface area contributed by atoms with Gasteiger partial charge in [0.15, 0.2) is 0 Å². The fraction of sp³-hybridized carbons (Fsp3) is 0.588. The van der Waals surface area contributed by atoms with Gasteiger partial charge in [-0.1, -0.05) is 30.3 Å². The monoisotopic (exact) mass is 289 g/mol. The Hall–Kier alpha value is -1.39. The van der Waals surface area contributed by atoms with Crippen molar-refractivity contribution < 1.29 is 4.79 Å². The molecule has 1 heterocycles. The normalized spacial score (nSPS) is 18.4. The second-order valence-corrected chi connectivity index (χ2v) is 5.93. The lowest BCUT2D eigenvalue weighted by atomic mass is 10.1. The Kier molecular flexibility index (Phi) is 5.76. The first-order valence-corrected chi connectivity index (χ1v) is 7.82. The minimum absolute atomic E-state index is 0.119. The number of nitrogens with zero attached hydrogens (tertiary/aromatic N) is 2. The summed E-state index contributed by atoms with van der Waals surface area (Å²) in [5.41, 5.74) is 1.18. The lowest BCUT2D eigenvalue weighted by molar-refractivity contribution is -0.133. The molecule has 116 valence electrons. The third-order valence-corrected chi connectivity index (χ3v) is 4.61. The highest BCUT2D eigenvalue weighted by molar-refractivity contribution is 5.78. The van der Waals surface area contributed by atoms with Gasteiger partial charge >= 0.3 is 0 Å². The average Bonchev–Trinajstić information content (AvgIpc) is 2.55. The smallest absolute Gasteiger partial charge is 0.236 e. The summed E-state index contributed by atoms with van der Waals surface area (Å²) in [6.45, 7) is 4.63. The summed E-state index contributed by atoms with van der Waals surface area (Å²) in [4.78, 5) is 16.6. The first-order valence-electron chi connectivity index (χ1n) is 7.82. The predicted molar refractivity (Wildman–Crippen MR) is 86.1 cm³/mol. The quantitative estimate of drug-likeness (QED) is 0.899. The molecule has 1 fully saturated rings. The van der Waals surface area contributed by atoms with E-state index in [0.717, 1.165) is 25.9 Å². The fourth-order valence-corrected chi connectivity index (χ4v) is 2.85. The molecule has 0 bridgehead atoms. The summed E-state index contributed by atoms with van der Waals surface area (Å²) in [5, 5.41) is 3.32. The maximum absolute atomic E-state index is 12.4. The number of carbonyl (C=O) groups excluding carboxylic acids is 1. The molecule has 1 aliphatic heterocycles. The van der Waals surface area contributed by atoms with Crippen LogP contribution in [0.3, 0.4) is 0 Å². The Morgan fingerprint density at radius 1 is 1.33 bits per heavy atom. The molecule has 1 aliphatic rings. The number of rotatable bonds is 5. The minimum atomic E-state index is 0.119. The van der Waals surface area contributed by atoms with E-state index in [1.165, 1.54) is 5.56 Å². The highest BCUT2D eigenvalue weighted by Gasteiger charge is 2.23. The van der Waals surface area contributed by atoms with E-state index in [0.29, 0.717) is 12.6 Å². The maximum Gasteiger partial charge on any atom is 0.236 e. The van der Waals surface area contributed by atoms with Crippen molar-refractivity contribution in [1.29, 1.82) is 0 Å². The Morgan fingerprint density at radius 2 is 1.95 bits per heavy atom. The van der Waals surface area contributed by atoms with E-state index in [4.69, 9.17) is 0 Å². The Bertz CT molecular complexity index is 441. The zero-order valence-electron chi connectivity index (χ0n) is 13.4. The summed E-state index contributed by atoms with van der Waals surface area (Å²) in [6, 6.07) is 10.9. The van der Waals surface area contributed by atoms with Gasteiger partial charge in [-0.2, -0.15) is 0 Å². The standard InChI is InChI=1S/C17H27N3O/c1-14(15-7-5-4-6-8-15)19(3)17(21)13-20-11-9-16(18-2)10-12-20/h4-8,14,16,18H,9-13H2,1-3H3. The Labute approximate surface area is 128 Å². The number of piperidine rings is 1. The summed E-state index contributed by atoms with van der Waals surface area (Å²) >= 11 is 0. The van der Waals surface area contributed by atoms with Crippen LogP contribution < -0.4 is 5.32 Å². The van der Waals surface area contributed by atoms with Crippen LogP contribution in [0.25, 0.3) is 0 Å². The van der Waals surface area contributed by atoms with Gasteiger partial charge < -0.3 is 10.2 Å². The average molecular weight is 289 g/mol. The summed E-state index contributed by atoms with van der Waals surface area (Å²) in [6.07, 6.45) is 2.25. The predicted octanol–water partition coefficient (Wildman–Crippen LogP) is 1.89. The molecule has 1 saturated heterocycles. The third-order valence-electron chi connectivity index (χ3n) is 4.61. The van der Waals surface area contributed by atoms with Crippen LogP contribution in [0.5, 0.6) is 0 Å². The van der Waals surface area contributed by atoms with Crippen LogP contribution >= 0.6 is 0 Å². The van der Waals surface area contributed by atoms with Gasteiger partial charge in [0.2, 0.25) is 5.91 Å². The lowest BCUT2D eigenvalue weighted by Gasteiger charge is -2.33. The zero-order valence-corrected chi connectivity index (χ0v) is 13.4. The summed E-state index contributed by atoms with van der Waals surface area (Å²) < 4.78 is 0. The molecule has 4 nitrogen and oxygen atoms in total. The van der Waals surface area contributed by atoms with Crippen LogP contribution in [0.1, 0.15) is 31.4 Å². The molecule has 1 unspecified atom stereocenters. The fourth-order valence-electron chi connectivity index (χ4n) is 2.85.